The number of carbonyl (C=O) groups excluding carboxylic acids is 1. The second-order valence-corrected chi connectivity index (χ2v) is 5.65. The molecule has 1 heterocycles. The minimum atomic E-state index is -3.17. The third kappa shape index (κ3) is 4.72. The molecular formula is C15H13F2N3O5S. The van der Waals surface area contributed by atoms with Gasteiger partial charge >= 0.3 is 6.61 Å². The van der Waals surface area contributed by atoms with Crippen LogP contribution in [0.5, 0.6) is 11.5 Å². The summed E-state index contributed by atoms with van der Waals surface area (Å²) in [7, 11) is 2.91. The second-order valence-electron chi connectivity index (χ2n) is 4.78. The quantitative estimate of drug-likeness (QED) is 0.433. The number of nitro benzene ring substituents is 1. The first-order chi connectivity index (χ1) is 12.3. The van der Waals surface area contributed by atoms with Gasteiger partial charge in [0, 0.05) is 24.7 Å². The number of hydrogen-bond acceptors (Lipinski definition) is 6. The van der Waals surface area contributed by atoms with E-state index in [0.717, 1.165) is 24.3 Å². The molecule has 0 aliphatic carbocycles. The van der Waals surface area contributed by atoms with Gasteiger partial charge < -0.3 is 14.0 Å². The third-order valence-electron chi connectivity index (χ3n) is 3.10. The van der Waals surface area contributed by atoms with Crippen molar-refractivity contribution in [2.45, 2.75) is 6.61 Å². The van der Waals surface area contributed by atoms with Gasteiger partial charge in [-0.05, 0) is 12.1 Å². The molecule has 0 aliphatic rings. The Morgan fingerprint density at radius 3 is 2.69 bits per heavy atom. The Morgan fingerprint density at radius 1 is 1.42 bits per heavy atom. The Hall–Kier alpha value is -3.08. The molecule has 1 aromatic carbocycles. The summed E-state index contributed by atoms with van der Waals surface area (Å²) in [6.07, 6.45) is 3.92. The molecule has 138 valence electrons. The zero-order valence-electron chi connectivity index (χ0n) is 13.6. The summed E-state index contributed by atoms with van der Waals surface area (Å²) in [5.41, 5.74) is -0.542. The fourth-order valence-electron chi connectivity index (χ4n) is 1.93. The number of aromatic nitrogens is 1. The maximum atomic E-state index is 12.4. The molecule has 0 saturated heterocycles. The minimum Gasteiger partial charge on any atom is -0.493 e. The van der Waals surface area contributed by atoms with E-state index in [4.69, 9.17) is 4.74 Å². The van der Waals surface area contributed by atoms with Gasteiger partial charge in [0.15, 0.2) is 16.3 Å². The van der Waals surface area contributed by atoms with Gasteiger partial charge in [0.2, 0.25) is 0 Å². The van der Waals surface area contributed by atoms with Crippen LogP contribution in [0, 0.1) is 10.1 Å². The summed E-state index contributed by atoms with van der Waals surface area (Å²) in [6.45, 7) is -3.17. The van der Waals surface area contributed by atoms with Crippen LogP contribution >= 0.6 is 11.3 Å². The van der Waals surface area contributed by atoms with Gasteiger partial charge in [-0.3, -0.25) is 14.9 Å². The molecule has 0 N–H and O–H groups in total. The molecule has 0 bridgehead atoms. The lowest BCUT2D eigenvalue weighted by Gasteiger charge is -2.10. The highest BCUT2D eigenvalue weighted by molar-refractivity contribution is 7.07. The van der Waals surface area contributed by atoms with E-state index < -0.39 is 28.9 Å². The first kappa shape index (κ1) is 19.2. The van der Waals surface area contributed by atoms with Crippen LogP contribution in [0.3, 0.4) is 0 Å². The number of halogens is 2. The van der Waals surface area contributed by atoms with Crippen molar-refractivity contribution in [3.63, 3.8) is 0 Å². The molecule has 0 unspecified atom stereocenters. The molecule has 1 aromatic heterocycles. The first-order valence-electron chi connectivity index (χ1n) is 7.00. The summed E-state index contributed by atoms with van der Waals surface area (Å²) >= 11 is 1.25. The number of aryl methyl sites for hydroxylation is 1. The average molecular weight is 385 g/mol. The number of thiazole rings is 1. The van der Waals surface area contributed by atoms with E-state index in [0.29, 0.717) is 4.80 Å². The standard InChI is InChI=1S/C15H13F2N3O5S/c1-19-5-6-26-15(19)18-13(21)4-3-9-7-11(24-2)12(25-14(16)17)8-10(9)20(22)23/h3-8,14H,1-2H3/b4-3+,18-15?. The van der Waals surface area contributed by atoms with Crippen LogP contribution in [0.1, 0.15) is 5.56 Å². The zero-order chi connectivity index (χ0) is 19.3. The highest BCUT2D eigenvalue weighted by Crippen LogP contribution is 2.36. The van der Waals surface area contributed by atoms with E-state index in [2.05, 4.69) is 9.73 Å². The lowest BCUT2D eigenvalue weighted by atomic mass is 10.1. The van der Waals surface area contributed by atoms with Crippen molar-refractivity contribution >= 4 is 29.0 Å². The Bertz CT molecular complexity index is 920. The van der Waals surface area contributed by atoms with Crippen LogP contribution in [0.15, 0.2) is 34.8 Å². The SMILES string of the molecule is COc1cc(/C=C/C(=O)N=c2sccn2C)c([N+](=O)[O-])cc1OC(F)F. The molecule has 0 aliphatic heterocycles. The molecule has 2 aromatic rings. The number of hydrogen-bond donors (Lipinski definition) is 0. The molecule has 0 spiro atoms. The average Bonchev–Trinajstić information content (AvgIpc) is 2.97. The van der Waals surface area contributed by atoms with Crippen LogP contribution in [0.2, 0.25) is 0 Å². The van der Waals surface area contributed by atoms with Gasteiger partial charge in [0.05, 0.1) is 23.7 Å². The van der Waals surface area contributed by atoms with E-state index in [1.165, 1.54) is 18.4 Å². The molecule has 0 fully saturated rings. The van der Waals surface area contributed by atoms with Gasteiger partial charge in [-0.25, -0.2) is 0 Å². The molecular weight excluding hydrogens is 372 g/mol. The summed E-state index contributed by atoms with van der Waals surface area (Å²) in [5, 5.41) is 12.9. The van der Waals surface area contributed by atoms with E-state index in [9.17, 15) is 23.7 Å². The van der Waals surface area contributed by atoms with E-state index in [-0.39, 0.29) is 11.3 Å². The maximum Gasteiger partial charge on any atom is 0.387 e. The van der Waals surface area contributed by atoms with Gasteiger partial charge in [0.25, 0.3) is 11.6 Å². The molecule has 26 heavy (non-hydrogen) atoms. The largest absolute Gasteiger partial charge is 0.493 e. The molecule has 8 nitrogen and oxygen atoms in total. The van der Waals surface area contributed by atoms with Crippen molar-refractivity contribution < 1.29 is 28.0 Å². The molecule has 0 saturated carbocycles. The van der Waals surface area contributed by atoms with E-state index >= 15 is 0 Å². The van der Waals surface area contributed by atoms with Crippen molar-refractivity contribution in [3.8, 4) is 11.5 Å². The number of carbonyl (C=O) groups is 1. The number of benzene rings is 1. The fourth-order valence-corrected chi connectivity index (χ4v) is 2.67. The monoisotopic (exact) mass is 385 g/mol. The predicted molar refractivity (Wildman–Crippen MR) is 89.2 cm³/mol. The Morgan fingerprint density at radius 2 is 2.15 bits per heavy atom. The smallest absolute Gasteiger partial charge is 0.387 e. The van der Waals surface area contributed by atoms with E-state index in [1.54, 1.807) is 23.2 Å². The Balaban J connectivity index is 2.40. The van der Waals surface area contributed by atoms with Crippen molar-refractivity contribution in [2.75, 3.05) is 7.11 Å². The van der Waals surface area contributed by atoms with Gasteiger partial charge in [0.1, 0.15) is 0 Å². The number of ether oxygens (including phenoxy) is 2. The number of rotatable bonds is 6. The molecule has 11 heteroatoms. The summed E-state index contributed by atoms with van der Waals surface area (Å²) in [6, 6.07) is 1.94. The summed E-state index contributed by atoms with van der Waals surface area (Å²) < 4.78 is 35.6. The maximum absolute atomic E-state index is 12.4. The number of amides is 1. The highest BCUT2D eigenvalue weighted by Gasteiger charge is 2.20. The van der Waals surface area contributed by atoms with Crippen LogP contribution < -0.4 is 14.3 Å². The van der Waals surface area contributed by atoms with Crippen LogP contribution in [-0.2, 0) is 11.8 Å². The van der Waals surface area contributed by atoms with Gasteiger partial charge in [-0.2, -0.15) is 13.8 Å². The van der Waals surface area contributed by atoms with Crippen molar-refractivity contribution in [3.05, 3.63) is 50.3 Å². The highest BCUT2D eigenvalue weighted by atomic mass is 32.1. The molecule has 2 rings (SSSR count). The minimum absolute atomic E-state index is 0.0208. The van der Waals surface area contributed by atoms with Crippen molar-refractivity contribution in [1.29, 1.82) is 0 Å². The topological polar surface area (TPSA) is 96.0 Å². The fraction of sp³-hybridized carbons (Fsp3) is 0.200. The third-order valence-corrected chi connectivity index (χ3v) is 3.94. The lowest BCUT2D eigenvalue weighted by Crippen LogP contribution is -2.11. The first-order valence-corrected chi connectivity index (χ1v) is 7.88. The van der Waals surface area contributed by atoms with E-state index in [1.807, 2.05) is 0 Å². The zero-order valence-corrected chi connectivity index (χ0v) is 14.4. The molecule has 0 radical (unpaired) electrons. The predicted octanol–water partition coefficient (Wildman–Crippen LogP) is 2.75. The van der Waals surface area contributed by atoms with Crippen LogP contribution in [-0.4, -0.2) is 29.1 Å². The summed E-state index contributed by atoms with van der Waals surface area (Å²) in [4.78, 5) is 26.6. The number of methoxy groups -OCH3 is 1. The molecule has 1 amide bonds. The second kappa shape index (κ2) is 8.34. The van der Waals surface area contributed by atoms with Crippen molar-refractivity contribution in [2.24, 2.45) is 12.0 Å². The van der Waals surface area contributed by atoms with Crippen molar-refractivity contribution in [1.82, 2.24) is 4.57 Å². The van der Waals surface area contributed by atoms with Gasteiger partial charge in [-0.1, -0.05) is 0 Å². The molecule has 0 atom stereocenters. The lowest BCUT2D eigenvalue weighted by molar-refractivity contribution is -0.385. The number of alkyl halides is 2. The van der Waals surface area contributed by atoms with Gasteiger partial charge in [-0.15, -0.1) is 11.3 Å². The van der Waals surface area contributed by atoms with Crippen LogP contribution in [0.4, 0.5) is 14.5 Å². The normalized spacial score (nSPS) is 12.0. The number of nitro groups is 1. The Labute approximate surface area is 149 Å². The summed E-state index contributed by atoms with van der Waals surface area (Å²) in [5.74, 6) is -1.25. The number of nitrogens with zero attached hydrogens (tertiary/aromatic N) is 3. The van der Waals surface area contributed by atoms with Crippen LogP contribution in [0.25, 0.3) is 6.08 Å². The Kier molecular flexibility index (Phi) is 6.17.